The summed E-state index contributed by atoms with van der Waals surface area (Å²) in [5, 5.41) is 33.7. The van der Waals surface area contributed by atoms with Crippen molar-refractivity contribution in [2.75, 3.05) is 17.7 Å². The third kappa shape index (κ3) is 3.25. The number of anilines is 2. The van der Waals surface area contributed by atoms with Crippen LogP contribution in [-0.2, 0) is 11.3 Å². The van der Waals surface area contributed by atoms with Gasteiger partial charge in [-0.05, 0) is 17.7 Å². The maximum Gasteiger partial charge on any atom is 0.207 e. The van der Waals surface area contributed by atoms with E-state index in [2.05, 4.69) is 20.3 Å². The molecule has 1 aromatic carbocycles. The van der Waals surface area contributed by atoms with E-state index in [0.717, 1.165) is 5.56 Å². The third-order valence-corrected chi connectivity index (χ3v) is 4.89. The summed E-state index contributed by atoms with van der Waals surface area (Å²) in [5.41, 5.74) is 7.53. The molecule has 1 aliphatic heterocycles. The Kier molecular flexibility index (Phi) is 5.04. The fourth-order valence-electron chi connectivity index (χ4n) is 3.17. The highest BCUT2D eigenvalue weighted by atomic mass is 35.5. The number of imidazole rings is 1. The molecule has 10 nitrogen and oxygen atoms in total. The summed E-state index contributed by atoms with van der Waals surface area (Å²) in [6.07, 6.45) is -3.21. The van der Waals surface area contributed by atoms with Gasteiger partial charge in [-0.3, -0.25) is 4.57 Å². The van der Waals surface area contributed by atoms with Crippen molar-refractivity contribution in [1.29, 1.82) is 0 Å². The van der Waals surface area contributed by atoms with Gasteiger partial charge in [0, 0.05) is 11.6 Å². The maximum absolute atomic E-state index is 10.4. The van der Waals surface area contributed by atoms with Crippen molar-refractivity contribution in [2.45, 2.75) is 31.1 Å². The summed E-state index contributed by atoms with van der Waals surface area (Å²) in [5.74, 6) is 0.497. The third-order valence-electron chi connectivity index (χ3n) is 4.64. The van der Waals surface area contributed by atoms with E-state index in [1.54, 1.807) is 12.1 Å². The van der Waals surface area contributed by atoms with Crippen LogP contribution in [0.4, 0.5) is 11.8 Å². The number of aliphatic hydroxyl groups excluding tert-OH is 3. The number of hydrogen-bond acceptors (Lipinski definition) is 9. The zero-order valence-electron chi connectivity index (χ0n) is 14.6. The van der Waals surface area contributed by atoms with Gasteiger partial charge < -0.3 is 31.1 Å². The van der Waals surface area contributed by atoms with E-state index in [0.29, 0.717) is 28.7 Å². The number of benzene rings is 1. The number of fused-ring (bicyclic) bond motifs is 1. The predicted octanol–water partition coefficient (Wildman–Crippen LogP) is 0.285. The molecule has 6 N–H and O–H groups in total. The Hall–Kier alpha value is -2.50. The first-order valence-electron chi connectivity index (χ1n) is 8.58. The van der Waals surface area contributed by atoms with Crippen LogP contribution in [0.1, 0.15) is 11.8 Å². The fourth-order valence-corrected chi connectivity index (χ4v) is 3.29. The second kappa shape index (κ2) is 7.49. The molecule has 28 heavy (non-hydrogen) atoms. The van der Waals surface area contributed by atoms with Crippen LogP contribution in [0.25, 0.3) is 11.2 Å². The fraction of sp³-hybridized carbons (Fsp3) is 0.353. The van der Waals surface area contributed by atoms with E-state index in [1.165, 1.54) is 10.9 Å². The second-order valence-corrected chi connectivity index (χ2v) is 6.88. The zero-order valence-corrected chi connectivity index (χ0v) is 15.4. The van der Waals surface area contributed by atoms with E-state index < -0.39 is 31.1 Å². The number of nitrogens with two attached hydrogens (primary N) is 1. The van der Waals surface area contributed by atoms with Crippen LogP contribution >= 0.6 is 11.6 Å². The number of aliphatic hydroxyl groups is 3. The van der Waals surface area contributed by atoms with Gasteiger partial charge in [0.15, 0.2) is 23.2 Å². The van der Waals surface area contributed by atoms with Gasteiger partial charge in [0.25, 0.3) is 0 Å². The lowest BCUT2D eigenvalue weighted by Gasteiger charge is -2.19. The lowest BCUT2D eigenvalue weighted by Crippen LogP contribution is -2.33. The summed E-state index contributed by atoms with van der Waals surface area (Å²) in [4.78, 5) is 12.6. The van der Waals surface area contributed by atoms with Crippen LogP contribution in [0.2, 0.25) is 5.02 Å². The average molecular weight is 407 g/mol. The number of hydrogen-bond donors (Lipinski definition) is 5. The number of nitrogens with one attached hydrogen (secondary N) is 1. The standard InChI is InChI=1S/C17H19ClN6O4/c18-9-3-1-8(2-4-9)5-20-17-23-11-14(19)21-7-22-15(11)24(17)16-13(27)12(26)10(6-25)28-16/h1-4,7,10,12-13,16,25-27H,5-6H2,(H,20,23)(H2,19,21,22)/t10-,12-,13-,16-/m1/s1. The summed E-state index contributed by atoms with van der Waals surface area (Å²) >= 11 is 5.91. The second-order valence-electron chi connectivity index (χ2n) is 6.45. The SMILES string of the molecule is Nc1ncnc2c1nc(NCc1ccc(Cl)cc1)n2[C@@H]1O[C@H](CO)[C@@H](O)[C@H]1O. The Morgan fingerprint density at radius 1 is 1.18 bits per heavy atom. The number of aromatic nitrogens is 4. The zero-order chi connectivity index (χ0) is 19.8. The highest BCUT2D eigenvalue weighted by Crippen LogP contribution is 2.35. The Bertz CT molecular complexity index is 982. The maximum atomic E-state index is 10.4. The van der Waals surface area contributed by atoms with Gasteiger partial charge in [0.2, 0.25) is 5.95 Å². The molecule has 3 heterocycles. The molecule has 0 saturated carbocycles. The highest BCUT2D eigenvalue weighted by Gasteiger charge is 2.45. The summed E-state index contributed by atoms with van der Waals surface area (Å²) < 4.78 is 7.16. The van der Waals surface area contributed by atoms with Gasteiger partial charge in [0.05, 0.1) is 6.61 Å². The van der Waals surface area contributed by atoms with Crippen molar-refractivity contribution in [3.05, 3.63) is 41.2 Å². The Labute approximate surface area is 164 Å². The quantitative estimate of drug-likeness (QED) is 0.402. The van der Waals surface area contributed by atoms with Crippen molar-refractivity contribution in [2.24, 2.45) is 0 Å². The topological polar surface area (TPSA) is 152 Å². The molecule has 0 unspecified atom stereocenters. The van der Waals surface area contributed by atoms with Crippen LogP contribution < -0.4 is 11.1 Å². The van der Waals surface area contributed by atoms with Crippen molar-refractivity contribution in [3.8, 4) is 0 Å². The van der Waals surface area contributed by atoms with Gasteiger partial charge in [0.1, 0.15) is 24.6 Å². The number of ether oxygens (including phenoxy) is 1. The number of rotatable bonds is 5. The van der Waals surface area contributed by atoms with Crippen molar-refractivity contribution >= 4 is 34.5 Å². The molecule has 1 fully saturated rings. The van der Waals surface area contributed by atoms with Crippen molar-refractivity contribution in [3.63, 3.8) is 0 Å². The van der Waals surface area contributed by atoms with Gasteiger partial charge in [-0.2, -0.15) is 0 Å². The molecule has 11 heteroatoms. The molecule has 4 rings (SSSR count). The Morgan fingerprint density at radius 3 is 2.61 bits per heavy atom. The van der Waals surface area contributed by atoms with E-state index in [9.17, 15) is 15.3 Å². The van der Waals surface area contributed by atoms with Crippen molar-refractivity contribution in [1.82, 2.24) is 19.5 Å². The molecule has 0 spiro atoms. The minimum Gasteiger partial charge on any atom is -0.394 e. The lowest BCUT2D eigenvalue weighted by atomic mass is 10.1. The molecular formula is C17H19ClN6O4. The highest BCUT2D eigenvalue weighted by molar-refractivity contribution is 6.30. The van der Waals surface area contributed by atoms with Gasteiger partial charge in [-0.1, -0.05) is 23.7 Å². The molecule has 0 radical (unpaired) electrons. The van der Waals surface area contributed by atoms with E-state index in [4.69, 9.17) is 22.1 Å². The Balaban J connectivity index is 1.72. The van der Waals surface area contributed by atoms with Crippen molar-refractivity contribution < 1.29 is 20.1 Å². The molecule has 0 aliphatic carbocycles. The molecule has 1 saturated heterocycles. The lowest BCUT2D eigenvalue weighted by molar-refractivity contribution is -0.0501. The monoisotopic (exact) mass is 406 g/mol. The largest absolute Gasteiger partial charge is 0.394 e. The molecular weight excluding hydrogens is 388 g/mol. The molecule has 4 atom stereocenters. The number of nitrogens with zero attached hydrogens (tertiary/aromatic N) is 4. The molecule has 148 valence electrons. The molecule has 3 aromatic rings. The van der Waals surface area contributed by atoms with E-state index in [-0.39, 0.29) is 5.82 Å². The Morgan fingerprint density at radius 2 is 1.93 bits per heavy atom. The number of nitrogen functional groups attached to an aromatic ring is 1. The average Bonchev–Trinajstić information content (AvgIpc) is 3.20. The van der Waals surface area contributed by atoms with Crippen LogP contribution in [0, 0.1) is 0 Å². The first kappa shape index (κ1) is 18.8. The number of halogens is 1. The van der Waals surface area contributed by atoms with Crippen LogP contribution in [0.5, 0.6) is 0 Å². The molecule has 0 amide bonds. The van der Waals surface area contributed by atoms with Crippen LogP contribution in [-0.4, -0.2) is 59.8 Å². The van der Waals surface area contributed by atoms with Gasteiger partial charge >= 0.3 is 0 Å². The van der Waals surface area contributed by atoms with E-state index >= 15 is 0 Å². The summed E-state index contributed by atoms with van der Waals surface area (Å²) in [6.45, 7) is -0.0331. The molecule has 0 bridgehead atoms. The predicted molar refractivity (Wildman–Crippen MR) is 102 cm³/mol. The minimum absolute atomic E-state index is 0.171. The molecule has 1 aliphatic rings. The van der Waals surface area contributed by atoms with Gasteiger partial charge in [-0.15, -0.1) is 0 Å². The van der Waals surface area contributed by atoms with Crippen LogP contribution in [0.15, 0.2) is 30.6 Å². The van der Waals surface area contributed by atoms with Crippen LogP contribution in [0.3, 0.4) is 0 Å². The normalized spacial score (nSPS) is 24.7. The molecule has 2 aromatic heterocycles. The van der Waals surface area contributed by atoms with E-state index in [1.807, 2.05) is 12.1 Å². The summed E-state index contributed by atoms with van der Waals surface area (Å²) in [6, 6.07) is 7.28. The first-order valence-corrected chi connectivity index (χ1v) is 8.96. The van der Waals surface area contributed by atoms with Gasteiger partial charge in [-0.25, -0.2) is 15.0 Å². The first-order chi connectivity index (χ1) is 13.5. The minimum atomic E-state index is -1.29. The summed E-state index contributed by atoms with van der Waals surface area (Å²) in [7, 11) is 0. The smallest absolute Gasteiger partial charge is 0.207 e.